The summed E-state index contributed by atoms with van der Waals surface area (Å²) < 4.78 is 9.89. The van der Waals surface area contributed by atoms with Gasteiger partial charge in [0.25, 0.3) is 0 Å². The van der Waals surface area contributed by atoms with Gasteiger partial charge in [-0.1, -0.05) is 6.58 Å². The fourth-order valence-electron chi connectivity index (χ4n) is 0.698. The molecule has 1 heterocycles. The lowest BCUT2D eigenvalue weighted by Crippen LogP contribution is -2.16. The van der Waals surface area contributed by atoms with E-state index in [-0.39, 0.29) is 5.57 Å². The summed E-state index contributed by atoms with van der Waals surface area (Å²) >= 11 is 0. The highest BCUT2D eigenvalue weighted by molar-refractivity contribution is 5.91. The lowest BCUT2D eigenvalue weighted by Gasteiger charge is -2.09. The van der Waals surface area contributed by atoms with Crippen LogP contribution >= 0.6 is 0 Å². The summed E-state index contributed by atoms with van der Waals surface area (Å²) in [5, 5.41) is 16.1. The van der Waals surface area contributed by atoms with Crippen molar-refractivity contribution in [3.05, 3.63) is 12.2 Å². The summed E-state index contributed by atoms with van der Waals surface area (Å²) in [5.74, 6) is -2.44. The van der Waals surface area contributed by atoms with E-state index >= 15 is 0 Å². The van der Waals surface area contributed by atoms with Crippen molar-refractivity contribution in [1.29, 1.82) is 0 Å². The number of rotatable bonds is 3. The highest BCUT2D eigenvalue weighted by atomic mass is 16.6. The summed E-state index contributed by atoms with van der Waals surface area (Å²) in [6, 6.07) is 0. The molecule has 15 heavy (non-hydrogen) atoms. The minimum Gasteiger partial charge on any atom is -0.481 e. The van der Waals surface area contributed by atoms with Crippen LogP contribution in [0.25, 0.3) is 0 Å². The molecule has 0 amide bonds. The minimum absolute atomic E-state index is 0.303. The minimum atomic E-state index is -1.27. The molecule has 0 saturated carbocycles. The molecular weight excluding hydrogens is 204 g/mol. The van der Waals surface area contributed by atoms with Gasteiger partial charge in [-0.15, -0.1) is 0 Å². The Morgan fingerprint density at radius 3 is 1.60 bits per heavy atom. The Balaban J connectivity index is 0.000000280. The Labute approximate surface area is 87.1 Å². The number of carbonyl (C=O) groups is 2. The molecule has 0 bridgehead atoms. The maximum Gasteiger partial charge on any atom is 0.331 e. The third kappa shape index (κ3) is 8.92. The first-order chi connectivity index (χ1) is 7.04. The molecule has 0 aromatic carbocycles. The first-order valence-corrected chi connectivity index (χ1v) is 4.32. The molecule has 0 radical (unpaired) electrons. The Morgan fingerprint density at radius 2 is 1.47 bits per heavy atom. The Kier molecular flexibility index (Phi) is 7.21. The molecular formula is C9H14O6. The van der Waals surface area contributed by atoms with Crippen LogP contribution in [0.3, 0.4) is 0 Å². The molecule has 1 aliphatic heterocycles. The maximum atomic E-state index is 9.87. The fraction of sp³-hybridized carbons (Fsp3) is 0.556. The van der Waals surface area contributed by atoms with Crippen LogP contribution in [0.4, 0.5) is 0 Å². The molecule has 0 aromatic rings. The van der Waals surface area contributed by atoms with Gasteiger partial charge in [-0.2, -0.15) is 0 Å². The number of carboxylic acid groups (broad SMARTS) is 2. The number of hydrogen-bond donors (Lipinski definition) is 2. The van der Waals surface area contributed by atoms with Crippen molar-refractivity contribution in [2.24, 2.45) is 0 Å². The van der Waals surface area contributed by atoms with Crippen molar-refractivity contribution in [3.63, 3.8) is 0 Å². The second kappa shape index (κ2) is 7.95. The van der Waals surface area contributed by atoms with Crippen LogP contribution in [0.2, 0.25) is 0 Å². The van der Waals surface area contributed by atoms with E-state index in [1.165, 1.54) is 0 Å². The third-order valence-electron chi connectivity index (χ3n) is 1.41. The third-order valence-corrected chi connectivity index (χ3v) is 1.41. The first-order valence-electron chi connectivity index (χ1n) is 4.32. The molecule has 0 unspecified atom stereocenters. The van der Waals surface area contributed by atoms with Gasteiger partial charge < -0.3 is 19.7 Å². The lowest BCUT2D eigenvalue weighted by molar-refractivity contribution is -0.139. The van der Waals surface area contributed by atoms with Crippen molar-refractivity contribution >= 4 is 11.9 Å². The summed E-state index contributed by atoms with van der Waals surface area (Å²) in [6.07, 6.45) is -0.505. The van der Waals surface area contributed by atoms with E-state index in [0.29, 0.717) is 0 Å². The zero-order valence-corrected chi connectivity index (χ0v) is 8.27. The normalized spacial score (nSPS) is 14.7. The number of aliphatic carboxylic acids is 2. The van der Waals surface area contributed by atoms with E-state index < -0.39 is 18.4 Å². The topological polar surface area (TPSA) is 93.1 Å². The number of ether oxygens (including phenoxy) is 2. The Bertz CT molecular complexity index is 219. The SMILES string of the molecule is C1COCCO1.C=C(CC(=O)O)C(=O)O. The highest BCUT2D eigenvalue weighted by Gasteiger charge is 2.07. The van der Waals surface area contributed by atoms with E-state index in [2.05, 4.69) is 6.58 Å². The van der Waals surface area contributed by atoms with Gasteiger partial charge in [0.1, 0.15) is 0 Å². The summed E-state index contributed by atoms with van der Waals surface area (Å²) in [5.41, 5.74) is -0.303. The smallest absolute Gasteiger partial charge is 0.331 e. The zero-order chi connectivity index (χ0) is 11.7. The van der Waals surface area contributed by atoms with Gasteiger partial charge in [-0.3, -0.25) is 4.79 Å². The summed E-state index contributed by atoms with van der Waals surface area (Å²) in [4.78, 5) is 19.7. The van der Waals surface area contributed by atoms with Gasteiger partial charge >= 0.3 is 11.9 Å². The zero-order valence-electron chi connectivity index (χ0n) is 8.27. The molecule has 2 N–H and O–H groups in total. The van der Waals surface area contributed by atoms with Crippen LogP contribution in [0.15, 0.2) is 12.2 Å². The number of hydrogen-bond acceptors (Lipinski definition) is 4. The van der Waals surface area contributed by atoms with Gasteiger partial charge in [-0.25, -0.2) is 4.79 Å². The molecule has 6 heteroatoms. The van der Waals surface area contributed by atoms with Gasteiger partial charge in [0.15, 0.2) is 0 Å². The van der Waals surface area contributed by atoms with E-state index in [0.717, 1.165) is 26.4 Å². The average Bonchev–Trinajstić information content (AvgIpc) is 2.20. The first kappa shape index (κ1) is 13.6. The van der Waals surface area contributed by atoms with E-state index in [1.54, 1.807) is 0 Å². The molecule has 1 saturated heterocycles. The van der Waals surface area contributed by atoms with Crippen LogP contribution in [-0.2, 0) is 19.1 Å². The standard InChI is InChI=1S/C5H6O4.C4H8O2/c1-3(5(8)9)2-4(6)7;1-2-6-4-3-5-1/h1-2H2,(H,6,7)(H,8,9);1-4H2. The largest absolute Gasteiger partial charge is 0.481 e. The van der Waals surface area contributed by atoms with Crippen LogP contribution in [0, 0.1) is 0 Å². The van der Waals surface area contributed by atoms with Gasteiger partial charge in [0.05, 0.1) is 32.8 Å². The van der Waals surface area contributed by atoms with E-state index in [1.807, 2.05) is 0 Å². The van der Waals surface area contributed by atoms with Crippen LogP contribution in [0.1, 0.15) is 6.42 Å². The quantitative estimate of drug-likeness (QED) is 0.654. The summed E-state index contributed by atoms with van der Waals surface area (Å²) in [7, 11) is 0. The molecule has 86 valence electrons. The van der Waals surface area contributed by atoms with Crippen molar-refractivity contribution in [2.45, 2.75) is 6.42 Å². The molecule has 1 rings (SSSR count). The summed E-state index contributed by atoms with van der Waals surface area (Å²) in [6.45, 7) is 6.13. The molecule has 0 spiro atoms. The predicted octanol–water partition coefficient (Wildman–Crippen LogP) is 0.135. The molecule has 6 nitrogen and oxygen atoms in total. The highest BCUT2D eigenvalue weighted by Crippen LogP contribution is 1.95. The van der Waals surface area contributed by atoms with Crippen molar-refractivity contribution in [1.82, 2.24) is 0 Å². The van der Waals surface area contributed by atoms with Crippen molar-refractivity contribution in [2.75, 3.05) is 26.4 Å². The van der Waals surface area contributed by atoms with E-state index in [4.69, 9.17) is 19.7 Å². The monoisotopic (exact) mass is 218 g/mol. The maximum absolute atomic E-state index is 9.87. The molecule has 0 aromatic heterocycles. The average molecular weight is 218 g/mol. The molecule has 1 aliphatic rings. The van der Waals surface area contributed by atoms with Gasteiger partial charge in [-0.05, 0) is 0 Å². The Morgan fingerprint density at radius 1 is 1.07 bits per heavy atom. The van der Waals surface area contributed by atoms with Crippen molar-refractivity contribution in [3.8, 4) is 0 Å². The molecule has 0 atom stereocenters. The van der Waals surface area contributed by atoms with Crippen LogP contribution in [0.5, 0.6) is 0 Å². The van der Waals surface area contributed by atoms with Crippen molar-refractivity contribution < 1.29 is 29.3 Å². The van der Waals surface area contributed by atoms with Gasteiger partial charge in [0, 0.05) is 5.57 Å². The van der Waals surface area contributed by atoms with Crippen LogP contribution in [-0.4, -0.2) is 48.6 Å². The van der Waals surface area contributed by atoms with E-state index in [9.17, 15) is 9.59 Å². The fourth-order valence-corrected chi connectivity index (χ4v) is 0.698. The Hall–Kier alpha value is -1.40. The second-order valence-corrected chi connectivity index (χ2v) is 2.70. The molecule has 0 aliphatic carbocycles. The number of carboxylic acids is 2. The van der Waals surface area contributed by atoms with Gasteiger partial charge in [0.2, 0.25) is 0 Å². The predicted molar refractivity (Wildman–Crippen MR) is 50.7 cm³/mol. The molecule has 1 fully saturated rings. The second-order valence-electron chi connectivity index (χ2n) is 2.70. The lowest BCUT2D eigenvalue weighted by atomic mass is 10.2. The van der Waals surface area contributed by atoms with Crippen LogP contribution < -0.4 is 0 Å².